The van der Waals surface area contributed by atoms with Crippen molar-refractivity contribution in [1.82, 2.24) is 15.1 Å². The number of hydrogen-bond acceptors (Lipinski definition) is 2. The molecule has 0 spiro atoms. The van der Waals surface area contributed by atoms with Crippen molar-refractivity contribution in [2.45, 2.75) is 46.2 Å². The fourth-order valence-electron chi connectivity index (χ4n) is 3.47. The molecular weight excluding hydrogens is 296 g/mol. The standard InChI is InChI=1S/C20H34N4/c1-16(2)24-12-8-10-18(14-24)13-22-20(21-4)23(5)15-19-11-7-6-9-17(19)3/h6-7,9,11,16,18H,8,10,12-15H2,1-5H3,(H,21,22). The summed E-state index contributed by atoms with van der Waals surface area (Å²) in [7, 11) is 3.99. The highest BCUT2D eigenvalue weighted by atomic mass is 15.3. The zero-order valence-electron chi connectivity index (χ0n) is 16.0. The smallest absolute Gasteiger partial charge is 0.193 e. The van der Waals surface area contributed by atoms with Crippen LogP contribution in [0, 0.1) is 12.8 Å². The summed E-state index contributed by atoms with van der Waals surface area (Å²) in [6.45, 7) is 11.1. The summed E-state index contributed by atoms with van der Waals surface area (Å²) in [6, 6.07) is 9.21. The zero-order valence-corrected chi connectivity index (χ0v) is 16.0. The Morgan fingerprint density at radius 1 is 1.38 bits per heavy atom. The van der Waals surface area contributed by atoms with Crippen molar-refractivity contribution in [2.75, 3.05) is 33.7 Å². The van der Waals surface area contributed by atoms with Crippen molar-refractivity contribution in [3.05, 3.63) is 35.4 Å². The van der Waals surface area contributed by atoms with Crippen LogP contribution in [0.25, 0.3) is 0 Å². The van der Waals surface area contributed by atoms with Gasteiger partial charge in [0, 0.05) is 39.8 Å². The molecule has 24 heavy (non-hydrogen) atoms. The Kier molecular flexibility index (Phi) is 7.10. The molecule has 1 heterocycles. The molecule has 0 aliphatic carbocycles. The second kappa shape index (κ2) is 9.07. The van der Waals surface area contributed by atoms with Crippen LogP contribution in [0.4, 0.5) is 0 Å². The van der Waals surface area contributed by atoms with E-state index in [0.717, 1.165) is 19.0 Å². The first kappa shape index (κ1) is 18.8. The van der Waals surface area contributed by atoms with Crippen molar-refractivity contribution >= 4 is 5.96 Å². The van der Waals surface area contributed by atoms with E-state index >= 15 is 0 Å². The first-order valence-corrected chi connectivity index (χ1v) is 9.21. The normalized spacial score (nSPS) is 19.6. The van der Waals surface area contributed by atoms with Crippen LogP contribution < -0.4 is 5.32 Å². The van der Waals surface area contributed by atoms with Gasteiger partial charge < -0.3 is 15.1 Å². The molecule has 1 fully saturated rings. The summed E-state index contributed by atoms with van der Waals surface area (Å²) < 4.78 is 0. The molecule has 1 aliphatic rings. The molecule has 1 unspecified atom stereocenters. The monoisotopic (exact) mass is 330 g/mol. The maximum absolute atomic E-state index is 4.47. The molecule has 1 aliphatic heterocycles. The lowest BCUT2D eigenvalue weighted by atomic mass is 9.97. The van der Waals surface area contributed by atoms with Gasteiger partial charge in [-0.25, -0.2) is 0 Å². The van der Waals surface area contributed by atoms with Crippen LogP contribution >= 0.6 is 0 Å². The van der Waals surface area contributed by atoms with Gasteiger partial charge in [-0.2, -0.15) is 0 Å². The summed E-state index contributed by atoms with van der Waals surface area (Å²) in [5.41, 5.74) is 2.69. The molecule has 134 valence electrons. The molecule has 1 N–H and O–H groups in total. The molecule has 2 rings (SSSR count). The van der Waals surface area contributed by atoms with Gasteiger partial charge in [-0.1, -0.05) is 24.3 Å². The summed E-state index contributed by atoms with van der Waals surface area (Å²) in [5.74, 6) is 1.70. The van der Waals surface area contributed by atoms with Gasteiger partial charge in [0.2, 0.25) is 0 Å². The SMILES string of the molecule is CN=C(NCC1CCCN(C(C)C)C1)N(C)Cc1ccccc1C. The number of likely N-dealkylation sites (tertiary alicyclic amines) is 1. The predicted octanol–water partition coefficient (Wildman–Crippen LogP) is 3.12. The van der Waals surface area contributed by atoms with Crippen molar-refractivity contribution in [1.29, 1.82) is 0 Å². The summed E-state index contributed by atoms with van der Waals surface area (Å²) in [4.78, 5) is 9.28. The number of benzene rings is 1. The first-order chi connectivity index (χ1) is 11.5. The number of nitrogens with zero attached hydrogens (tertiary/aromatic N) is 3. The molecule has 0 radical (unpaired) electrons. The fourth-order valence-corrected chi connectivity index (χ4v) is 3.47. The number of hydrogen-bond donors (Lipinski definition) is 1. The molecule has 0 aromatic heterocycles. The topological polar surface area (TPSA) is 30.9 Å². The highest BCUT2D eigenvalue weighted by Crippen LogP contribution is 2.18. The lowest BCUT2D eigenvalue weighted by Crippen LogP contribution is -2.46. The number of rotatable bonds is 5. The third-order valence-electron chi connectivity index (χ3n) is 5.07. The van der Waals surface area contributed by atoms with Crippen LogP contribution in [-0.2, 0) is 6.54 Å². The van der Waals surface area contributed by atoms with Crippen LogP contribution in [0.15, 0.2) is 29.3 Å². The molecule has 0 saturated carbocycles. The maximum Gasteiger partial charge on any atom is 0.193 e. The molecule has 0 amide bonds. The Labute approximate surface area is 147 Å². The molecular formula is C20H34N4. The van der Waals surface area contributed by atoms with Gasteiger partial charge >= 0.3 is 0 Å². The second-order valence-electron chi connectivity index (χ2n) is 7.31. The molecule has 1 aromatic rings. The Balaban J connectivity index is 1.86. The number of guanidine groups is 1. The minimum atomic E-state index is 0.649. The van der Waals surface area contributed by atoms with Crippen LogP contribution in [0.1, 0.15) is 37.8 Å². The van der Waals surface area contributed by atoms with Gasteiger partial charge in [0.1, 0.15) is 0 Å². The van der Waals surface area contributed by atoms with Crippen LogP contribution in [0.3, 0.4) is 0 Å². The van der Waals surface area contributed by atoms with E-state index in [9.17, 15) is 0 Å². The van der Waals surface area contributed by atoms with Crippen molar-refractivity contribution in [3.63, 3.8) is 0 Å². The minimum absolute atomic E-state index is 0.649. The summed E-state index contributed by atoms with van der Waals surface area (Å²) >= 11 is 0. The van der Waals surface area contributed by atoms with Crippen molar-refractivity contribution < 1.29 is 0 Å². The predicted molar refractivity (Wildman–Crippen MR) is 103 cm³/mol. The highest BCUT2D eigenvalue weighted by Gasteiger charge is 2.22. The largest absolute Gasteiger partial charge is 0.356 e. The quantitative estimate of drug-likeness (QED) is 0.665. The average Bonchev–Trinajstić information content (AvgIpc) is 2.57. The average molecular weight is 331 g/mol. The molecule has 4 heteroatoms. The Morgan fingerprint density at radius 3 is 2.79 bits per heavy atom. The van der Waals surface area contributed by atoms with E-state index in [0.29, 0.717) is 12.0 Å². The Bertz CT molecular complexity index is 538. The molecule has 4 nitrogen and oxygen atoms in total. The molecule has 1 aromatic carbocycles. The van der Waals surface area contributed by atoms with E-state index in [1.165, 1.54) is 37.1 Å². The van der Waals surface area contributed by atoms with Gasteiger partial charge in [0.05, 0.1) is 0 Å². The van der Waals surface area contributed by atoms with Crippen LogP contribution in [-0.4, -0.2) is 55.5 Å². The van der Waals surface area contributed by atoms with Crippen LogP contribution in [0.2, 0.25) is 0 Å². The molecule has 0 bridgehead atoms. The number of nitrogens with one attached hydrogen (secondary N) is 1. The third-order valence-corrected chi connectivity index (χ3v) is 5.07. The summed E-state index contributed by atoms with van der Waals surface area (Å²) in [5, 5.41) is 3.59. The van der Waals surface area contributed by atoms with Crippen molar-refractivity contribution in [3.8, 4) is 0 Å². The lowest BCUT2D eigenvalue weighted by Gasteiger charge is -2.36. The maximum atomic E-state index is 4.47. The second-order valence-corrected chi connectivity index (χ2v) is 7.31. The zero-order chi connectivity index (χ0) is 17.5. The molecule has 1 saturated heterocycles. The van der Waals surface area contributed by atoms with E-state index < -0.39 is 0 Å². The molecule has 1 atom stereocenters. The number of aliphatic imine (C=N–C) groups is 1. The number of aryl methyl sites for hydroxylation is 1. The fraction of sp³-hybridized carbons (Fsp3) is 0.650. The van der Waals surface area contributed by atoms with E-state index in [2.05, 4.69) is 72.2 Å². The van der Waals surface area contributed by atoms with Gasteiger partial charge in [0.15, 0.2) is 5.96 Å². The Morgan fingerprint density at radius 2 is 2.12 bits per heavy atom. The Hall–Kier alpha value is -1.55. The minimum Gasteiger partial charge on any atom is -0.356 e. The van der Waals surface area contributed by atoms with Crippen molar-refractivity contribution in [2.24, 2.45) is 10.9 Å². The third kappa shape index (κ3) is 5.23. The first-order valence-electron chi connectivity index (χ1n) is 9.21. The van der Waals surface area contributed by atoms with Gasteiger partial charge in [-0.05, 0) is 57.2 Å². The van der Waals surface area contributed by atoms with Gasteiger partial charge in [-0.3, -0.25) is 4.99 Å². The van der Waals surface area contributed by atoms with E-state index in [1.54, 1.807) is 0 Å². The van der Waals surface area contributed by atoms with Crippen LogP contribution in [0.5, 0.6) is 0 Å². The van der Waals surface area contributed by atoms with Gasteiger partial charge in [-0.15, -0.1) is 0 Å². The summed E-state index contributed by atoms with van der Waals surface area (Å²) in [6.07, 6.45) is 2.62. The van der Waals surface area contributed by atoms with E-state index in [4.69, 9.17) is 0 Å². The highest BCUT2D eigenvalue weighted by molar-refractivity contribution is 5.79. The van der Waals surface area contributed by atoms with Gasteiger partial charge in [0.25, 0.3) is 0 Å². The lowest BCUT2D eigenvalue weighted by molar-refractivity contribution is 0.140. The van der Waals surface area contributed by atoms with E-state index in [1.807, 2.05) is 7.05 Å². The number of piperidine rings is 1. The van der Waals surface area contributed by atoms with E-state index in [-0.39, 0.29) is 0 Å².